The van der Waals surface area contributed by atoms with Crippen molar-refractivity contribution in [2.45, 2.75) is 83.4 Å². The van der Waals surface area contributed by atoms with E-state index in [0.717, 1.165) is 24.0 Å². The van der Waals surface area contributed by atoms with E-state index in [9.17, 15) is 24.3 Å². The second-order valence-corrected chi connectivity index (χ2v) is 12.3. The van der Waals surface area contributed by atoms with Gasteiger partial charge in [-0.15, -0.1) is 0 Å². The van der Waals surface area contributed by atoms with Crippen LogP contribution in [0, 0.1) is 5.92 Å². The Bertz CT molecular complexity index is 1190. The van der Waals surface area contributed by atoms with Gasteiger partial charge in [0.2, 0.25) is 11.8 Å². The number of carbonyl (C=O) groups is 4. The number of carboxylic acids is 1. The van der Waals surface area contributed by atoms with E-state index in [1.54, 1.807) is 20.8 Å². The van der Waals surface area contributed by atoms with Crippen molar-refractivity contribution < 1.29 is 29.0 Å². The molecule has 3 amide bonds. The molecule has 2 unspecified atom stereocenters. The zero-order valence-electron chi connectivity index (χ0n) is 24.7. The second kappa shape index (κ2) is 13.7. The molecule has 2 aromatic rings. The molecule has 0 bridgehead atoms. The third kappa shape index (κ3) is 9.92. The first-order chi connectivity index (χ1) is 19.3. The summed E-state index contributed by atoms with van der Waals surface area (Å²) in [7, 11) is 0. The fourth-order valence-corrected chi connectivity index (χ4v) is 4.80. The fraction of sp³-hybridized carbons (Fsp3) is 0.500. The fourth-order valence-electron chi connectivity index (χ4n) is 4.80. The van der Waals surface area contributed by atoms with E-state index in [1.807, 2.05) is 74.5 Å². The standard InChI is InChI=1S/C32H43N3O6/c1-22(2)18-26(29(38)39)34-28(37)25(19-23-12-8-6-9-13-23)33-27(36)20-35(30(40)41-31(3,4)5)21-32(16-17-32)24-14-10-7-11-15-24/h6-15,22,25-26H,16-21H2,1-5H3,(H,33,36)(H,34,37)(H,38,39). The first-order valence-corrected chi connectivity index (χ1v) is 14.2. The number of amides is 3. The smallest absolute Gasteiger partial charge is 0.410 e. The molecule has 41 heavy (non-hydrogen) atoms. The van der Waals surface area contributed by atoms with E-state index in [1.165, 1.54) is 4.90 Å². The van der Waals surface area contributed by atoms with Gasteiger partial charge in [0.25, 0.3) is 0 Å². The number of hydrogen-bond acceptors (Lipinski definition) is 5. The van der Waals surface area contributed by atoms with Gasteiger partial charge in [-0.1, -0.05) is 74.5 Å². The van der Waals surface area contributed by atoms with Gasteiger partial charge in [0.15, 0.2) is 0 Å². The maximum Gasteiger partial charge on any atom is 0.410 e. The van der Waals surface area contributed by atoms with Crippen LogP contribution in [0.5, 0.6) is 0 Å². The van der Waals surface area contributed by atoms with Gasteiger partial charge in [-0.25, -0.2) is 9.59 Å². The van der Waals surface area contributed by atoms with Crippen LogP contribution >= 0.6 is 0 Å². The monoisotopic (exact) mass is 565 g/mol. The SMILES string of the molecule is CC(C)CC(NC(=O)C(Cc1ccccc1)NC(=O)CN(CC1(c2ccccc2)CC1)C(=O)OC(C)(C)C)C(=O)O. The van der Waals surface area contributed by atoms with Gasteiger partial charge in [0, 0.05) is 18.4 Å². The van der Waals surface area contributed by atoms with Crippen molar-refractivity contribution in [3.05, 3.63) is 71.8 Å². The molecular formula is C32H43N3O6. The van der Waals surface area contributed by atoms with E-state index in [4.69, 9.17) is 4.74 Å². The van der Waals surface area contributed by atoms with E-state index in [0.29, 0.717) is 6.54 Å². The van der Waals surface area contributed by atoms with Gasteiger partial charge in [0.05, 0.1) is 0 Å². The Morgan fingerprint density at radius 3 is 2.02 bits per heavy atom. The Hall–Kier alpha value is -3.88. The van der Waals surface area contributed by atoms with Crippen LogP contribution < -0.4 is 10.6 Å². The highest BCUT2D eigenvalue weighted by Crippen LogP contribution is 2.48. The van der Waals surface area contributed by atoms with Crippen LogP contribution in [0.1, 0.15) is 65.0 Å². The molecule has 3 N–H and O–H groups in total. The van der Waals surface area contributed by atoms with Crippen molar-refractivity contribution in [1.29, 1.82) is 0 Å². The number of rotatable bonds is 13. The quantitative estimate of drug-likeness (QED) is 0.333. The molecule has 1 aliphatic rings. The molecule has 1 fully saturated rings. The van der Waals surface area contributed by atoms with Crippen LogP contribution in [0.2, 0.25) is 0 Å². The number of ether oxygens (including phenoxy) is 1. The maximum absolute atomic E-state index is 13.4. The Morgan fingerprint density at radius 1 is 0.927 bits per heavy atom. The minimum atomic E-state index is -1.14. The number of nitrogens with one attached hydrogen (secondary N) is 2. The van der Waals surface area contributed by atoms with Gasteiger partial charge in [-0.3, -0.25) is 14.5 Å². The van der Waals surface area contributed by atoms with E-state index < -0.39 is 41.6 Å². The molecule has 2 atom stereocenters. The molecular weight excluding hydrogens is 522 g/mol. The van der Waals surface area contributed by atoms with Crippen LogP contribution in [0.4, 0.5) is 4.79 Å². The molecule has 0 heterocycles. The zero-order chi connectivity index (χ0) is 30.2. The number of carbonyl (C=O) groups excluding carboxylic acids is 3. The lowest BCUT2D eigenvalue weighted by Gasteiger charge is -2.31. The summed E-state index contributed by atoms with van der Waals surface area (Å²) in [5.74, 6) is -2.22. The topological polar surface area (TPSA) is 125 Å². The van der Waals surface area contributed by atoms with Crippen molar-refractivity contribution in [3.63, 3.8) is 0 Å². The zero-order valence-corrected chi connectivity index (χ0v) is 24.7. The second-order valence-electron chi connectivity index (χ2n) is 12.3. The van der Waals surface area contributed by atoms with E-state index in [2.05, 4.69) is 10.6 Å². The van der Waals surface area contributed by atoms with Crippen molar-refractivity contribution in [2.24, 2.45) is 5.92 Å². The summed E-state index contributed by atoms with van der Waals surface area (Å²) in [6, 6.07) is 16.9. The molecule has 2 aromatic carbocycles. The summed E-state index contributed by atoms with van der Waals surface area (Å²) >= 11 is 0. The molecule has 0 radical (unpaired) electrons. The summed E-state index contributed by atoms with van der Waals surface area (Å²) < 4.78 is 5.64. The Kier molecular flexibility index (Phi) is 10.5. The highest BCUT2D eigenvalue weighted by atomic mass is 16.6. The van der Waals surface area contributed by atoms with Crippen LogP contribution in [0.15, 0.2) is 60.7 Å². The molecule has 0 spiro atoms. The normalized spacial score (nSPS) is 15.4. The predicted octanol–water partition coefficient (Wildman–Crippen LogP) is 4.30. The highest BCUT2D eigenvalue weighted by Gasteiger charge is 2.47. The first kappa shape index (κ1) is 31.6. The molecule has 0 aromatic heterocycles. The molecule has 0 saturated heterocycles. The van der Waals surface area contributed by atoms with Gasteiger partial charge in [0.1, 0.15) is 24.2 Å². The van der Waals surface area contributed by atoms with Gasteiger partial charge in [-0.2, -0.15) is 0 Å². The van der Waals surface area contributed by atoms with Crippen molar-refractivity contribution in [3.8, 4) is 0 Å². The van der Waals surface area contributed by atoms with Gasteiger partial charge < -0.3 is 20.5 Å². The molecule has 3 rings (SSSR count). The third-order valence-corrected chi connectivity index (χ3v) is 6.98. The molecule has 9 heteroatoms. The third-order valence-electron chi connectivity index (χ3n) is 6.98. The molecule has 1 saturated carbocycles. The minimum absolute atomic E-state index is 0.0420. The summed E-state index contributed by atoms with van der Waals surface area (Å²) in [4.78, 5) is 53.2. The minimum Gasteiger partial charge on any atom is -0.480 e. The average Bonchev–Trinajstić information content (AvgIpc) is 3.68. The summed E-state index contributed by atoms with van der Waals surface area (Å²) in [5, 5.41) is 15.0. The van der Waals surface area contributed by atoms with Crippen molar-refractivity contribution in [2.75, 3.05) is 13.1 Å². The maximum atomic E-state index is 13.4. The predicted molar refractivity (Wildman–Crippen MR) is 156 cm³/mol. The summed E-state index contributed by atoms with van der Waals surface area (Å²) in [6.07, 6.45) is 1.56. The lowest BCUT2D eigenvalue weighted by atomic mass is 9.95. The van der Waals surface area contributed by atoms with Crippen molar-refractivity contribution >= 4 is 23.9 Å². The Labute approximate surface area is 242 Å². The van der Waals surface area contributed by atoms with E-state index in [-0.39, 0.29) is 30.7 Å². The van der Waals surface area contributed by atoms with Gasteiger partial charge in [-0.05, 0) is 57.1 Å². The number of benzene rings is 2. The van der Waals surface area contributed by atoms with Crippen LogP contribution in [-0.2, 0) is 31.0 Å². The Morgan fingerprint density at radius 2 is 1.51 bits per heavy atom. The number of aliphatic carboxylic acids is 1. The molecule has 0 aliphatic heterocycles. The number of hydrogen-bond donors (Lipinski definition) is 3. The van der Waals surface area contributed by atoms with Crippen LogP contribution in [0.3, 0.4) is 0 Å². The summed E-state index contributed by atoms with van der Waals surface area (Å²) in [5.41, 5.74) is 0.881. The largest absolute Gasteiger partial charge is 0.480 e. The number of nitrogens with zero attached hydrogens (tertiary/aromatic N) is 1. The average molecular weight is 566 g/mol. The lowest BCUT2D eigenvalue weighted by Crippen LogP contribution is -2.55. The van der Waals surface area contributed by atoms with Gasteiger partial charge >= 0.3 is 12.1 Å². The molecule has 9 nitrogen and oxygen atoms in total. The Balaban J connectivity index is 1.80. The highest BCUT2D eigenvalue weighted by molar-refractivity contribution is 5.91. The van der Waals surface area contributed by atoms with Crippen LogP contribution in [0.25, 0.3) is 0 Å². The van der Waals surface area contributed by atoms with Crippen molar-refractivity contribution in [1.82, 2.24) is 15.5 Å². The van der Waals surface area contributed by atoms with E-state index >= 15 is 0 Å². The first-order valence-electron chi connectivity index (χ1n) is 14.2. The molecule has 1 aliphatic carbocycles. The molecule has 222 valence electrons. The summed E-state index contributed by atoms with van der Waals surface area (Å²) in [6.45, 7) is 9.04. The van der Waals surface area contributed by atoms with Crippen LogP contribution in [-0.4, -0.2) is 64.7 Å². The number of carboxylic acid groups (broad SMARTS) is 1. The lowest BCUT2D eigenvalue weighted by molar-refractivity contribution is -0.142.